The van der Waals surface area contributed by atoms with Crippen molar-refractivity contribution in [2.45, 2.75) is 44.8 Å². The molecule has 1 atom stereocenters. The van der Waals surface area contributed by atoms with Gasteiger partial charge in [-0.1, -0.05) is 26.8 Å². The Kier molecular flexibility index (Phi) is 2.53. The maximum atomic E-state index is 6.04. The van der Waals surface area contributed by atoms with E-state index >= 15 is 0 Å². The number of fused-ring (bicyclic) bond motifs is 1. The zero-order chi connectivity index (χ0) is 12.8. The van der Waals surface area contributed by atoms with Crippen molar-refractivity contribution in [2.75, 3.05) is 6.61 Å². The summed E-state index contributed by atoms with van der Waals surface area (Å²) in [5, 5.41) is 0. The first-order valence-electron chi connectivity index (χ1n) is 6.65. The van der Waals surface area contributed by atoms with Crippen molar-refractivity contribution in [2.24, 2.45) is 0 Å². The second-order valence-corrected chi connectivity index (χ2v) is 6.20. The van der Waals surface area contributed by atoms with Gasteiger partial charge in [-0.2, -0.15) is 0 Å². The molecule has 96 valence electrons. The second kappa shape index (κ2) is 3.86. The van der Waals surface area contributed by atoms with Crippen molar-refractivity contribution < 1.29 is 9.47 Å². The van der Waals surface area contributed by atoms with E-state index in [-0.39, 0.29) is 5.41 Å². The van der Waals surface area contributed by atoms with Crippen molar-refractivity contribution in [3.05, 3.63) is 35.4 Å². The van der Waals surface area contributed by atoms with Crippen LogP contribution in [0, 0.1) is 0 Å². The fourth-order valence-electron chi connectivity index (χ4n) is 2.52. The molecule has 18 heavy (non-hydrogen) atoms. The molecule has 1 aromatic rings. The maximum absolute atomic E-state index is 6.04. The van der Waals surface area contributed by atoms with Crippen LogP contribution in [0.4, 0.5) is 0 Å². The molecule has 1 aromatic carbocycles. The zero-order valence-electron chi connectivity index (χ0n) is 11.3. The van der Waals surface area contributed by atoms with Gasteiger partial charge in [0.15, 0.2) is 0 Å². The first-order chi connectivity index (χ1) is 8.49. The molecule has 0 radical (unpaired) electrons. The Labute approximate surface area is 109 Å². The van der Waals surface area contributed by atoms with Crippen LogP contribution in [-0.2, 0) is 10.2 Å². The summed E-state index contributed by atoms with van der Waals surface area (Å²) in [4.78, 5) is 0. The van der Waals surface area contributed by atoms with Crippen molar-refractivity contribution >= 4 is 6.08 Å². The van der Waals surface area contributed by atoms with Crippen LogP contribution in [-0.4, -0.2) is 12.4 Å². The molecule has 0 saturated carbocycles. The quantitative estimate of drug-likeness (QED) is 0.689. The summed E-state index contributed by atoms with van der Waals surface area (Å²) in [6.07, 6.45) is 6.22. The number of rotatable bonds is 0. The molecule has 2 heterocycles. The van der Waals surface area contributed by atoms with Crippen LogP contribution in [0.25, 0.3) is 6.08 Å². The Morgan fingerprint density at radius 3 is 2.72 bits per heavy atom. The minimum Gasteiger partial charge on any atom is -0.458 e. The van der Waals surface area contributed by atoms with Gasteiger partial charge in [0.25, 0.3) is 0 Å². The van der Waals surface area contributed by atoms with Crippen LogP contribution >= 0.6 is 0 Å². The Bertz CT molecular complexity index is 488. The summed E-state index contributed by atoms with van der Waals surface area (Å²) in [6, 6.07) is 6.44. The largest absolute Gasteiger partial charge is 0.458 e. The van der Waals surface area contributed by atoms with Crippen molar-refractivity contribution in [1.29, 1.82) is 0 Å². The first-order valence-corrected chi connectivity index (χ1v) is 6.65. The third kappa shape index (κ3) is 1.95. The molecule has 1 fully saturated rings. The lowest BCUT2D eigenvalue weighted by Gasteiger charge is -2.31. The molecule has 0 N–H and O–H groups in total. The lowest BCUT2D eigenvalue weighted by molar-refractivity contribution is -0.110. The minimum absolute atomic E-state index is 0.169. The number of hydrogen-bond donors (Lipinski definition) is 0. The predicted molar refractivity (Wildman–Crippen MR) is 72.7 cm³/mol. The van der Waals surface area contributed by atoms with Crippen LogP contribution in [0.15, 0.2) is 24.3 Å². The van der Waals surface area contributed by atoms with Crippen molar-refractivity contribution in [3.63, 3.8) is 0 Å². The van der Waals surface area contributed by atoms with Gasteiger partial charge >= 0.3 is 0 Å². The van der Waals surface area contributed by atoms with Gasteiger partial charge in [0.05, 0.1) is 6.61 Å². The highest BCUT2D eigenvalue weighted by Crippen LogP contribution is 2.38. The van der Waals surface area contributed by atoms with Gasteiger partial charge < -0.3 is 9.47 Å². The van der Waals surface area contributed by atoms with Crippen LogP contribution in [0.1, 0.15) is 44.7 Å². The van der Waals surface area contributed by atoms with Gasteiger partial charge in [0.1, 0.15) is 5.75 Å². The molecule has 3 rings (SSSR count). The van der Waals surface area contributed by atoms with Gasteiger partial charge in [0.2, 0.25) is 5.79 Å². The van der Waals surface area contributed by atoms with Crippen LogP contribution in [0.3, 0.4) is 0 Å². The van der Waals surface area contributed by atoms with E-state index in [9.17, 15) is 0 Å². The maximum Gasteiger partial charge on any atom is 0.230 e. The molecule has 2 heteroatoms. The molecular formula is C16H20O2. The predicted octanol–water partition coefficient (Wildman–Crippen LogP) is 3.90. The molecule has 0 aliphatic carbocycles. The fraction of sp³-hybridized carbons (Fsp3) is 0.500. The molecule has 2 aliphatic heterocycles. The molecule has 1 unspecified atom stereocenters. The summed E-state index contributed by atoms with van der Waals surface area (Å²) in [6.45, 7) is 7.47. The van der Waals surface area contributed by atoms with Crippen molar-refractivity contribution in [3.8, 4) is 5.75 Å². The average molecular weight is 244 g/mol. The summed E-state index contributed by atoms with van der Waals surface area (Å²) in [7, 11) is 0. The molecule has 0 amide bonds. The Hall–Kier alpha value is -1.28. The number of ether oxygens (including phenoxy) is 2. The van der Waals surface area contributed by atoms with Crippen molar-refractivity contribution in [1.82, 2.24) is 0 Å². The van der Waals surface area contributed by atoms with E-state index in [1.807, 2.05) is 0 Å². The Morgan fingerprint density at radius 2 is 2.06 bits per heavy atom. The van der Waals surface area contributed by atoms with Crippen LogP contribution in [0.5, 0.6) is 5.75 Å². The molecule has 2 aliphatic rings. The highest BCUT2D eigenvalue weighted by Gasteiger charge is 2.37. The smallest absolute Gasteiger partial charge is 0.230 e. The topological polar surface area (TPSA) is 18.5 Å². The summed E-state index contributed by atoms with van der Waals surface area (Å²) in [5.74, 6) is 0.448. The van der Waals surface area contributed by atoms with Crippen LogP contribution < -0.4 is 4.74 Å². The third-order valence-electron chi connectivity index (χ3n) is 3.69. The van der Waals surface area contributed by atoms with Gasteiger partial charge in [-0.3, -0.25) is 0 Å². The van der Waals surface area contributed by atoms with Gasteiger partial charge in [-0.05, 0) is 41.7 Å². The molecule has 2 nitrogen and oxygen atoms in total. The third-order valence-corrected chi connectivity index (χ3v) is 3.69. The van der Waals surface area contributed by atoms with Gasteiger partial charge in [0, 0.05) is 12.0 Å². The first kappa shape index (κ1) is 11.8. The lowest BCUT2D eigenvalue weighted by Crippen LogP contribution is -2.34. The highest BCUT2D eigenvalue weighted by atomic mass is 16.7. The summed E-state index contributed by atoms with van der Waals surface area (Å²) in [5.41, 5.74) is 2.66. The Balaban J connectivity index is 1.96. The second-order valence-electron chi connectivity index (χ2n) is 6.20. The molecule has 0 aromatic heterocycles. The van der Waals surface area contributed by atoms with E-state index in [1.54, 1.807) is 0 Å². The molecular weight excluding hydrogens is 224 g/mol. The monoisotopic (exact) mass is 244 g/mol. The van der Waals surface area contributed by atoms with E-state index in [4.69, 9.17) is 9.47 Å². The fourth-order valence-corrected chi connectivity index (χ4v) is 2.52. The minimum atomic E-state index is -0.490. The van der Waals surface area contributed by atoms with E-state index in [0.29, 0.717) is 0 Å². The summed E-state index contributed by atoms with van der Waals surface area (Å²) < 4.78 is 11.8. The lowest BCUT2D eigenvalue weighted by atomic mass is 9.85. The number of benzene rings is 1. The molecule has 1 saturated heterocycles. The Morgan fingerprint density at radius 1 is 1.22 bits per heavy atom. The normalized spacial score (nSPS) is 26.2. The van der Waals surface area contributed by atoms with E-state index in [2.05, 4.69) is 51.1 Å². The highest BCUT2D eigenvalue weighted by molar-refractivity contribution is 5.62. The van der Waals surface area contributed by atoms with Gasteiger partial charge in [-0.25, -0.2) is 0 Å². The van der Waals surface area contributed by atoms with E-state index in [0.717, 1.165) is 30.8 Å². The molecule has 1 spiro atoms. The molecule has 0 bridgehead atoms. The standard InChI is InChI=1S/C16H20O2/c1-15(2,3)13-5-6-14-12(11-13)7-9-16(18-14)8-4-10-17-16/h5-7,9,11H,4,8,10H2,1-3H3. The number of hydrogen-bond acceptors (Lipinski definition) is 2. The van der Waals surface area contributed by atoms with E-state index in [1.165, 1.54) is 5.56 Å². The van der Waals surface area contributed by atoms with E-state index < -0.39 is 5.79 Å². The SMILES string of the molecule is CC(C)(C)c1ccc2c(c1)C=CC1(CCCO1)O2. The average Bonchev–Trinajstić information content (AvgIpc) is 2.75. The zero-order valence-corrected chi connectivity index (χ0v) is 11.3. The van der Waals surface area contributed by atoms with Gasteiger partial charge in [-0.15, -0.1) is 0 Å². The van der Waals surface area contributed by atoms with Crippen LogP contribution in [0.2, 0.25) is 0 Å². The summed E-state index contributed by atoms with van der Waals surface area (Å²) >= 11 is 0.